The van der Waals surface area contributed by atoms with Crippen LogP contribution in [0.5, 0.6) is 5.75 Å². The molecule has 0 aliphatic heterocycles. The lowest BCUT2D eigenvalue weighted by molar-refractivity contribution is 0.406. The Labute approximate surface area is 113 Å². The SMILES string of the molecule is COc1ccc(Br)cc1Cn1ncc(C)cc1=O. The maximum atomic E-state index is 11.8. The van der Waals surface area contributed by atoms with E-state index in [1.807, 2.05) is 25.1 Å². The number of aryl methyl sites for hydroxylation is 1. The van der Waals surface area contributed by atoms with Crippen molar-refractivity contribution in [2.75, 3.05) is 7.11 Å². The van der Waals surface area contributed by atoms with Crippen molar-refractivity contribution in [3.8, 4) is 5.75 Å². The highest BCUT2D eigenvalue weighted by molar-refractivity contribution is 9.10. The summed E-state index contributed by atoms with van der Waals surface area (Å²) in [5, 5.41) is 4.11. The third kappa shape index (κ3) is 2.79. The van der Waals surface area contributed by atoms with Crippen molar-refractivity contribution in [3.05, 3.63) is 56.4 Å². The molecule has 1 aromatic carbocycles. The van der Waals surface area contributed by atoms with E-state index >= 15 is 0 Å². The molecule has 94 valence electrons. The molecule has 0 amide bonds. The molecule has 5 heteroatoms. The average molecular weight is 309 g/mol. The molecule has 0 radical (unpaired) electrons. The number of hydrogen-bond donors (Lipinski definition) is 0. The molecule has 0 atom stereocenters. The molecule has 0 bridgehead atoms. The first kappa shape index (κ1) is 12.8. The van der Waals surface area contributed by atoms with Gasteiger partial charge in [-0.2, -0.15) is 5.10 Å². The highest BCUT2D eigenvalue weighted by Gasteiger charge is 2.06. The summed E-state index contributed by atoms with van der Waals surface area (Å²) < 4.78 is 7.63. The second-order valence-electron chi connectivity index (χ2n) is 3.98. The molecule has 1 aromatic heterocycles. The molecule has 0 aliphatic rings. The van der Waals surface area contributed by atoms with Gasteiger partial charge in [0.25, 0.3) is 5.56 Å². The van der Waals surface area contributed by atoms with Gasteiger partial charge in [0, 0.05) is 16.1 Å². The molecular weight excluding hydrogens is 296 g/mol. The minimum atomic E-state index is -0.114. The van der Waals surface area contributed by atoms with Crippen molar-refractivity contribution in [1.82, 2.24) is 9.78 Å². The van der Waals surface area contributed by atoms with Crippen molar-refractivity contribution in [2.24, 2.45) is 0 Å². The van der Waals surface area contributed by atoms with Crippen LogP contribution in [0.15, 0.2) is 39.7 Å². The maximum absolute atomic E-state index is 11.8. The second kappa shape index (κ2) is 5.35. The highest BCUT2D eigenvalue weighted by atomic mass is 79.9. The fourth-order valence-electron chi connectivity index (χ4n) is 1.68. The average Bonchev–Trinajstić information content (AvgIpc) is 2.33. The first-order chi connectivity index (χ1) is 8.60. The Hall–Kier alpha value is -1.62. The summed E-state index contributed by atoms with van der Waals surface area (Å²) in [4.78, 5) is 11.8. The first-order valence-electron chi connectivity index (χ1n) is 5.46. The van der Waals surface area contributed by atoms with Crippen LogP contribution < -0.4 is 10.3 Å². The summed E-state index contributed by atoms with van der Waals surface area (Å²) in [7, 11) is 1.61. The number of halogens is 1. The largest absolute Gasteiger partial charge is 0.496 e. The molecule has 0 N–H and O–H groups in total. The zero-order valence-electron chi connectivity index (χ0n) is 10.2. The molecule has 2 aromatic rings. The predicted octanol–water partition coefficient (Wildman–Crippen LogP) is 2.37. The number of nitrogens with zero attached hydrogens (tertiary/aromatic N) is 2. The number of aromatic nitrogens is 2. The van der Waals surface area contributed by atoms with Gasteiger partial charge in [-0.1, -0.05) is 15.9 Å². The fraction of sp³-hybridized carbons (Fsp3) is 0.231. The molecule has 1 heterocycles. The number of ether oxygens (including phenoxy) is 1. The summed E-state index contributed by atoms with van der Waals surface area (Å²) in [6.07, 6.45) is 1.67. The van der Waals surface area contributed by atoms with Crippen LogP contribution >= 0.6 is 15.9 Å². The maximum Gasteiger partial charge on any atom is 0.267 e. The van der Waals surface area contributed by atoms with Gasteiger partial charge in [0.05, 0.1) is 19.9 Å². The van der Waals surface area contributed by atoms with E-state index in [1.54, 1.807) is 19.4 Å². The van der Waals surface area contributed by atoms with Crippen molar-refractivity contribution in [1.29, 1.82) is 0 Å². The molecule has 0 saturated carbocycles. The van der Waals surface area contributed by atoms with E-state index in [9.17, 15) is 4.79 Å². The molecule has 0 fully saturated rings. The standard InChI is InChI=1S/C13H13BrN2O2/c1-9-5-13(17)16(15-7-9)8-10-6-11(14)3-4-12(10)18-2/h3-7H,8H2,1-2H3. The van der Waals surface area contributed by atoms with Gasteiger partial charge in [0.15, 0.2) is 0 Å². The lowest BCUT2D eigenvalue weighted by atomic mass is 10.2. The normalized spacial score (nSPS) is 10.4. The van der Waals surface area contributed by atoms with Gasteiger partial charge in [-0.3, -0.25) is 4.79 Å². The van der Waals surface area contributed by atoms with Crippen molar-refractivity contribution in [3.63, 3.8) is 0 Å². The summed E-state index contributed by atoms with van der Waals surface area (Å²) in [6.45, 7) is 2.24. The van der Waals surface area contributed by atoms with E-state index in [0.29, 0.717) is 6.54 Å². The monoisotopic (exact) mass is 308 g/mol. The van der Waals surface area contributed by atoms with Crippen LogP contribution in [-0.2, 0) is 6.54 Å². The molecule has 18 heavy (non-hydrogen) atoms. The van der Waals surface area contributed by atoms with Gasteiger partial charge in [0.1, 0.15) is 5.75 Å². The summed E-state index contributed by atoms with van der Waals surface area (Å²) in [5.74, 6) is 0.743. The molecular formula is C13H13BrN2O2. The van der Waals surface area contributed by atoms with Crippen molar-refractivity contribution < 1.29 is 4.74 Å². The smallest absolute Gasteiger partial charge is 0.267 e. The number of rotatable bonds is 3. The van der Waals surface area contributed by atoms with Crippen LogP contribution in [0.4, 0.5) is 0 Å². The third-order valence-electron chi connectivity index (χ3n) is 2.57. The van der Waals surface area contributed by atoms with E-state index in [4.69, 9.17) is 4.74 Å². The van der Waals surface area contributed by atoms with Crippen LogP contribution in [0, 0.1) is 6.92 Å². The van der Waals surface area contributed by atoms with E-state index < -0.39 is 0 Å². The molecule has 0 unspecified atom stereocenters. The summed E-state index contributed by atoms with van der Waals surface area (Å²) in [6, 6.07) is 7.25. The molecule has 0 aliphatic carbocycles. The van der Waals surface area contributed by atoms with Gasteiger partial charge < -0.3 is 4.74 Å². The topological polar surface area (TPSA) is 44.1 Å². The number of benzene rings is 1. The van der Waals surface area contributed by atoms with Gasteiger partial charge >= 0.3 is 0 Å². The lowest BCUT2D eigenvalue weighted by Crippen LogP contribution is -2.22. The highest BCUT2D eigenvalue weighted by Crippen LogP contribution is 2.23. The summed E-state index contributed by atoms with van der Waals surface area (Å²) in [5.41, 5.74) is 1.65. The van der Waals surface area contributed by atoms with Crippen LogP contribution in [-0.4, -0.2) is 16.9 Å². The van der Waals surface area contributed by atoms with Crippen molar-refractivity contribution in [2.45, 2.75) is 13.5 Å². The van der Waals surface area contributed by atoms with E-state index in [1.165, 1.54) is 4.68 Å². The molecule has 0 saturated heterocycles. The molecule has 4 nitrogen and oxygen atoms in total. The number of hydrogen-bond acceptors (Lipinski definition) is 3. The Morgan fingerprint density at radius 2 is 2.17 bits per heavy atom. The van der Waals surface area contributed by atoms with E-state index in [2.05, 4.69) is 21.0 Å². The van der Waals surface area contributed by atoms with Gasteiger partial charge in [0.2, 0.25) is 0 Å². The van der Waals surface area contributed by atoms with Crippen molar-refractivity contribution >= 4 is 15.9 Å². The fourth-order valence-corrected chi connectivity index (χ4v) is 2.08. The van der Waals surface area contributed by atoms with Gasteiger partial charge in [-0.15, -0.1) is 0 Å². The Bertz CT molecular complexity index is 623. The quantitative estimate of drug-likeness (QED) is 0.874. The predicted molar refractivity (Wildman–Crippen MR) is 73.0 cm³/mol. The van der Waals surface area contributed by atoms with Crippen LogP contribution in [0.2, 0.25) is 0 Å². The lowest BCUT2D eigenvalue weighted by Gasteiger charge is -2.10. The van der Waals surface area contributed by atoms with E-state index in [0.717, 1.165) is 21.3 Å². The minimum Gasteiger partial charge on any atom is -0.496 e. The first-order valence-corrected chi connectivity index (χ1v) is 6.25. The Morgan fingerprint density at radius 1 is 1.39 bits per heavy atom. The Kier molecular flexibility index (Phi) is 3.81. The summed E-state index contributed by atoms with van der Waals surface area (Å²) >= 11 is 3.41. The van der Waals surface area contributed by atoms with Crippen LogP contribution in [0.3, 0.4) is 0 Å². The van der Waals surface area contributed by atoms with Gasteiger partial charge in [-0.05, 0) is 30.7 Å². The zero-order valence-corrected chi connectivity index (χ0v) is 11.8. The van der Waals surface area contributed by atoms with Crippen LogP contribution in [0.1, 0.15) is 11.1 Å². The minimum absolute atomic E-state index is 0.114. The molecule has 0 spiro atoms. The Balaban J connectivity index is 2.39. The third-order valence-corrected chi connectivity index (χ3v) is 3.06. The second-order valence-corrected chi connectivity index (χ2v) is 4.90. The molecule has 2 rings (SSSR count). The van der Waals surface area contributed by atoms with Crippen LogP contribution in [0.25, 0.3) is 0 Å². The number of methoxy groups -OCH3 is 1. The zero-order chi connectivity index (χ0) is 13.1. The Morgan fingerprint density at radius 3 is 2.83 bits per heavy atom. The van der Waals surface area contributed by atoms with E-state index in [-0.39, 0.29) is 5.56 Å². The van der Waals surface area contributed by atoms with Gasteiger partial charge in [-0.25, -0.2) is 4.68 Å².